The Kier molecular flexibility index (Phi) is 3.11. The van der Waals surface area contributed by atoms with Gasteiger partial charge in [0.2, 0.25) is 5.95 Å². The smallest absolute Gasteiger partial charge is 0.225 e. The van der Waals surface area contributed by atoms with Gasteiger partial charge >= 0.3 is 0 Å². The molecule has 0 spiro atoms. The van der Waals surface area contributed by atoms with Crippen molar-refractivity contribution in [1.29, 1.82) is 0 Å². The molecular formula is C10H14FN3O. The van der Waals surface area contributed by atoms with Crippen LogP contribution >= 0.6 is 0 Å². The largest absolute Gasteiger partial charge is 0.380 e. The number of hydrogen-bond donors (Lipinski definition) is 0. The summed E-state index contributed by atoms with van der Waals surface area (Å²) in [4.78, 5) is 9.93. The first-order chi connectivity index (χ1) is 7.29. The number of ether oxygens (including phenoxy) is 1. The summed E-state index contributed by atoms with van der Waals surface area (Å²) in [5.74, 6) is 0.178. The fourth-order valence-electron chi connectivity index (χ4n) is 1.78. The minimum atomic E-state index is -0.404. The van der Waals surface area contributed by atoms with Crippen LogP contribution in [0.2, 0.25) is 0 Å². The summed E-state index contributed by atoms with van der Waals surface area (Å²) < 4.78 is 17.9. The minimum Gasteiger partial charge on any atom is -0.380 e. The highest BCUT2D eigenvalue weighted by Gasteiger charge is 2.21. The van der Waals surface area contributed by atoms with Crippen LogP contribution in [0.1, 0.15) is 12.8 Å². The number of anilines is 1. The van der Waals surface area contributed by atoms with E-state index in [1.165, 1.54) is 12.4 Å². The van der Waals surface area contributed by atoms with Crippen LogP contribution in [0, 0.1) is 5.82 Å². The van der Waals surface area contributed by atoms with E-state index in [9.17, 15) is 4.39 Å². The molecule has 5 heteroatoms. The average Bonchev–Trinajstić information content (AvgIpc) is 2.30. The summed E-state index contributed by atoms with van der Waals surface area (Å²) >= 11 is 0. The van der Waals surface area contributed by atoms with Gasteiger partial charge in [0.15, 0.2) is 5.82 Å². The van der Waals surface area contributed by atoms with Crippen LogP contribution in [-0.2, 0) is 4.74 Å². The number of aromatic nitrogens is 2. The van der Waals surface area contributed by atoms with Gasteiger partial charge in [-0.05, 0) is 12.8 Å². The van der Waals surface area contributed by atoms with Crippen molar-refractivity contribution in [2.45, 2.75) is 18.9 Å². The first-order valence-electron chi connectivity index (χ1n) is 5.05. The number of nitrogens with zero attached hydrogens (tertiary/aromatic N) is 3. The number of rotatable bonds is 2. The molecule has 1 aromatic rings. The van der Waals surface area contributed by atoms with Crippen LogP contribution in [0.5, 0.6) is 0 Å². The van der Waals surface area contributed by atoms with Crippen LogP contribution in [-0.4, -0.2) is 36.3 Å². The summed E-state index contributed by atoms with van der Waals surface area (Å²) in [6.45, 7) is 1.69. The van der Waals surface area contributed by atoms with E-state index in [1.807, 2.05) is 4.90 Å². The van der Waals surface area contributed by atoms with Gasteiger partial charge in [0, 0.05) is 20.2 Å². The van der Waals surface area contributed by atoms with Crippen LogP contribution in [0.25, 0.3) is 0 Å². The van der Waals surface area contributed by atoms with E-state index in [0.29, 0.717) is 5.95 Å². The van der Waals surface area contributed by atoms with E-state index in [1.54, 1.807) is 7.11 Å². The Bertz CT molecular complexity index is 317. The Morgan fingerprint density at radius 3 is 2.87 bits per heavy atom. The summed E-state index contributed by atoms with van der Waals surface area (Å²) in [6.07, 6.45) is 4.73. The molecule has 1 aliphatic heterocycles. The van der Waals surface area contributed by atoms with Gasteiger partial charge in [-0.15, -0.1) is 0 Å². The third kappa shape index (κ3) is 2.41. The Morgan fingerprint density at radius 1 is 1.47 bits per heavy atom. The van der Waals surface area contributed by atoms with Crippen molar-refractivity contribution in [1.82, 2.24) is 9.97 Å². The van der Waals surface area contributed by atoms with Crippen molar-refractivity contribution in [2.24, 2.45) is 0 Å². The molecule has 0 saturated carbocycles. The quantitative estimate of drug-likeness (QED) is 0.737. The van der Waals surface area contributed by atoms with Crippen molar-refractivity contribution < 1.29 is 9.13 Å². The van der Waals surface area contributed by atoms with Gasteiger partial charge in [-0.2, -0.15) is 0 Å². The Balaban J connectivity index is 2.06. The molecule has 1 saturated heterocycles. The molecule has 0 aromatic carbocycles. The van der Waals surface area contributed by atoms with Crippen LogP contribution in [0.15, 0.2) is 12.4 Å². The van der Waals surface area contributed by atoms with Gasteiger partial charge in [0.25, 0.3) is 0 Å². The SMILES string of the molecule is COC1CCCN(c2ncc(F)cn2)C1. The number of methoxy groups -OCH3 is 1. The normalized spacial score (nSPS) is 21.7. The van der Waals surface area contributed by atoms with Crippen molar-refractivity contribution in [3.05, 3.63) is 18.2 Å². The van der Waals surface area contributed by atoms with Gasteiger partial charge in [-0.3, -0.25) is 0 Å². The number of hydrogen-bond acceptors (Lipinski definition) is 4. The molecular weight excluding hydrogens is 197 g/mol. The lowest BCUT2D eigenvalue weighted by Gasteiger charge is -2.31. The van der Waals surface area contributed by atoms with Crippen LogP contribution in [0.3, 0.4) is 0 Å². The van der Waals surface area contributed by atoms with E-state index in [0.717, 1.165) is 25.9 Å². The Morgan fingerprint density at radius 2 is 2.20 bits per heavy atom. The maximum absolute atomic E-state index is 12.6. The first kappa shape index (κ1) is 10.3. The van der Waals surface area contributed by atoms with Gasteiger partial charge in [0.1, 0.15) is 0 Å². The molecule has 1 aromatic heterocycles. The third-order valence-corrected chi connectivity index (χ3v) is 2.60. The maximum atomic E-state index is 12.6. The standard InChI is InChI=1S/C10H14FN3O/c1-15-9-3-2-4-14(7-9)10-12-5-8(11)6-13-10/h5-6,9H,2-4,7H2,1H3. The highest BCUT2D eigenvalue weighted by molar-refractivity contribution is 5.29. The summed E-state index contributed by atoms with van der Waals surface area (Å²) in [5, 5.41) is 0. The van der Waals surface area contributed by atoms with Crippen molar-refractivity contribution in [3.8, 4) is 0 Å². The molecule has 0 amide bonds. The number of halogens is 1. The van der Waals surface area contributed by atoms with E-state index in [4.69, 9.17) is 4.74 Å². The van der Waals surface area contributed by atoms with Gasteiger partial charge in [-0.1, -0.05) is 0 Å². The van der Waals surface area contributed by atoms with Gasteiger partial charge in [0.05, 0.1) is 18.5 Å². The monoisotopic (exact) mass is 211 g/mol. The van der Waals surface area contributed by atoms with E-state index >= 15 is 0 Å². The average molecular weight is 211 g/mol. The molecule has 15 heavy (non-hydrogen) atoms. The molecule has 1 unspecified atom stereocenters. The molecule has 2 heterocycles. The lowest BCUT2D eigenvalue weighted by Crippen LogP contribution is -2.40. The molecule has 82 valence electrons. The highest BCUT2D eigenvalue weighted by Crippen LogP contribution is 2.16. The van der Waals surface area contributed by atoms with Crippen LogP contribution in [0.4, 0.5) is 10.3 Å². The van der Waals surface area contributed by atoms with E-state index < -0.39 is 5.82 Å². The molecule has 4 nitrogen and oxygen atoms in total. The zero-order valence-corrected chi connectivity index (χ0v) is 8.69. The number of piperidine rings is 1. The maximum Gasteiger partial charge on any atom is 0.225 e. The third-order valence-electron chi connectivity index (χ3n) is 2.60. The molecule has 2 rings (SSSR count). The zero-order chi connectivity index (χ0) is 10.7. The molecule has 1 aliphatic rings. The molecule has 0 bridgehead atoms. The Hall–Kier alpha value is -1.23. The first-order valence-corrected chi connectivity index (χ1v) is 5.05. The molecule has 0 N–H and O–H groups in total. The topological polar surface area (TPSA) is 38.2 Å². The second-order valence-electron chi connectivity index (χ2n) is 3.65. The molecule has 0 radical (unpaired) electrons. The molecule has 1 fully saturated rings. The van der Waals surface area contributed by atoms with Gasteiger partial charge in [-0.25, -0.2) is 14.4 Å². The fraction of sp³-hybridized carbons (Fsp3) is 0.600. The summed E-state index contributed by atoms with van der Waals surface area (Å²) in [6, 6.07) is 0. The minimum absolute atomic E-state index is 0.229. The van der Waals surface area contributed by atoms with E-state index in [2.05, 4.69) is 9.97 Å². The predicted octanol–water partition coefficient (Wildman–Crippen LogP) is 1.23. The summed E-state index contributed by atoms with van der Waals surface area (Å²) in [7, 11) is 1.71. The fourth-order valence-corrected chi connectivity index (χ4v) is 1.78. The summed E-state index contributed by atoms with van der Waals surface area (Å²) in [5.41, 5.74) is 0. The lowest BCUT2D eigenvalue weighted by atomic mass is 10.1. The Labute approximate surface area is 88.1 Å². The second-order valence-corrected chi connectivity index (χ2v) is 3.65. The zero-order valence-electron chi connectivity index (χ0n) is 8.69. The van der Waals surface area contributed by atoms with E-state index in [-0.39, 0.29) is 6.10 Å². The van der Waals surface area contributed by atoms with Crippen LogP contribution < -0.4 is 4.90 Å². The van der Waals surface area contributed by atoms with Crippen molar-refractivity contribution in [3.63, 3.8) is 0 Å². The highest BCUT2D eigenvalue weighted by atomic mass is 19.1. The van der Waals surface area contributed by atoms with Crippen molar-refractivity contribution >= 4 is 5.95 Å². The van der Waals surface area contributed by atoms with Gasteiger partial charge < -0.3 is 9.64 Å². The molecule has 0 aliphatic carbocycles. The second kappa shape index (κ2) is 4.53. The molecule has 1 atom stereocenters. The lowest BCUT2D eigenvalue weighted by molar-refractivity contribution is 0.0889. The predicted molar refractivity (Wildman–Crippen MR) is 54.2 cm³/mol. The van der Waals surface area contributed by atoms with Crippen molar-refractivity contribution in [2.75, 3.05) is 25.1 Å².